The van der Waals surface area contributed by atoms with Crippen LogP contribution in [0.5, 0.6) is 0 Å². The van der Waals surface area contributed by atoms with Crippen LogP contribution in [0.15, 0.2) is 0 Å². The molecule has 0 saturated carbocycles. The van der Waals surface area contributed by atoms with E-state index in [4.69, 9.17) is 15.2 Å². The molecule has 3 N–H and O–H groups in total. The summed E-state index contributed by atoms with van der Waals surface area (Å²) in [5.74, 6) is -0.750. The van der Waals surface area contributed by atoms with Gasteiger partial charge in [-0.15, -0.1) is 0 Å². The molecule has 5 atom stereocenters. The van der Waals surface area contributed by atoms with Crippen molar-refractivity contribution >= 4 is 5.91 Å². The Labute approximate surface area is 94.9 Å². The molecule has 2 rings (SSSR count). The van der Waals surface area contributed by atoms with Gasteiger partial charge >= 0.3 is 0 Å². The first-order valence-electron chi connectivity index (χ1n) is 5.62. The zero-order valence-corrected chi connectivity index (χ0v) is 9.84. The highest BCUT2D eigenvalue weighted by atomic mass is 16.6. The second kappa shape index (κ2) is 3.68. The van der Waals surface area contributed by atoms with E-state index in [9.17, 15) is 9.90 Å². The first-order valence-corrected chi connectivity index (χ1v) is 5.62. The summed E-state index contributed by atoms with van der Waals surface area (Å²) < 4.78 is 11.4. The molecule has 0 aromatic rings. The normalized spacial score (nSPS) is 46.4. The van der Waals surface area contributed by atoms with Gasteiger partial charge in [0.25, 0.3) is 0 Å². The van der Waals surface area contributed by atoms with Gasteiger partial charge in [0.15, 0.2) is 6.10 Å². The minimum Gasteiger partial charge on any atom is -0.389 e. The molecule has 2 fully saturated rings. The second-order valence-corrected chi connectivity index (χ2v) is 5.39. The Morgan fingerprint density at radius 1 is 1.50 bits per heavy atom. The molecule has 92 valence electrons. The van der Waals surface area contributed by atoms with E-state index in [1.165, 1.54) is 0 Å². The molecule has 0 bridgehead atoms. The molecule has 2 heterocycles. The molecule has 5 nitrogen and oxygen atoms in total. The minimum absolute atomic E-state index is 0.141. The molecule has 0 spiro atoms. The SMILES string of the molecule is C[C@@H]1C2OC(C)(C)C[C@@H]2OC(C(N)=O)[C@H]1O. The van der Waals surface area contributed by atoms with Crippen molar-refractivity contribution in [3.8, 4) is 0 Å². The third kappa shape index (κ3) is 1.83. The summed E-state index contributed by atoms with van der Waals surface area (Å²) in [6.07, 6.45) is -1.37. The highest BCUT2D eigenvalue weighted by Crippen LogP contribution is 2.40. The Hall–Kier alpha value is -0.650. The van der Waals surface area contributed by atoms with Crippen molar-refractivity contribution in [2.24, 2.45) is 11.7 Å². The highest BCUT2D eigenvalue weighted by molar-refractivity contribution is 5.79. The van der Waals surface area contributed by atoms with E-state index < -0.39 is 18.1 Å². The van der Waals surface area contributed by atoms with E-state index in [-0.39, 0.29) is 23.7 Å². The van der Waals surface area contributed by atoms with Gasteiger partial charge in [-0.25, -0.2) is 0 Å². The Morgan fingerprint density at radius 3 is 2.69 bits per heavy atom. The van der Waals surface area contributed by atoms with Gasteiger partial charge in [-0.2, -0.15) is 0 Å². The van der Waals surface area contributed by atoms with Gasteiger partial charge in [-0.05, 0) is 13.8 Å². The lowest BCUT2D eigenvalue weighted by Gasteiger charge is -2.38. The van der Waals surface area contributed by atoms with Crippen molar-refractivity contribution in [1.29, 1.82) is 0 Å². The summed E-state index contributed by atoms with van der Waals surface area (Å²) in [6.45, 7) is 5.82. The van der Waals surface area contributed by atoms with Crippen LogP contribution in [0, 0.1) is 5.92 Å². The van der Waals surface area contributed by atoms with Gasteiger partial charge in [0.2, 0.25) is 5.91 Å². The lowest BCUT2D eigenvalue weighted by atomic mass is 9.86. The summed E-state index contributed by atoms with van der Waals surface area (Å²) in [4.78, 5) is 11.2. The highest BCUT2D eigenvalue weighted by Gasteiger charge is 2.52. The largest absolute Gasteiger partial charge is 0.389 e. The second-order valence-electron chi connectivity index (χ2n) is 5.39. The number of carbonyl (C=O) groups is 1. The Balaban J connectivity index is 2.18. The predicted octanol–water partition coefficient (Wildman–Crippen LogP) is -0.196. The monoisotopic (exact) mass is 229 g/mol. The quantitative estimate of drug-likeness (QED) is 0.652. The van der Waals surface area contributed by atoms with Crippen LogP contribution in [0.25, 0.3) is 0 Å². The molecular weight excluding hydrogens is 210 g/mol. The van der Waals surface area contributed by atoms with Crippen molar-refractivity contribution in [2.45, 2.75) is 57.2 Å². The van der Waals surface area contributed by atoms with Crippen LogP contribution in [0.3, 0.4) is 0 Å². The van der Waals surface area contributed by atoms with Gasteiger partial charge < -0.3 is 20.3 Å². The molecule has 2 unspecified atom stereocenters. The summed E-state index contributed by atoms with van der Waals surface area (Å²) in [6, 6.07) is 0. The van der Waals surface area contributed by atoms with Crippen LogP contribution < -0.4 is 5.73 Å². The topological polar surface area (TPSA) is 81.8 Å². The fourth-order valence-corrected chi connectivity index (χ4v) is 2.64. The predicted molar refractivity (Wildman–Crippen MR) is 56.6 cm³/mol. The fourth-order valence-electron chi connectivity index (χ4n) is 2.64. The average Bonchev–Trinajstić information content (AvgIpc) is 2.46. The molecule has 0 aromatic heterocycles. The number of amides is 1. The molecular formula is C11H19NO4. The zero-order valence-electron chi connectivity index (χ0n) is 9.84. The molecule has 0 aliphatic carbocycles. The molecule has 2 aliphatic heterocycles. The Kier molecular flexibility index (Phi) is 2.72. The van der Waals surface area contributed by atoms with Crippen molar-refractivity contribution in [2.75, 3.05) is 0 Å². The van der Waals surface area contributed by atoms with E-state index in [0.717, 1.165) is 6.42 Å². The summed E-state index contributed by atoms with van der Waals surface area (Å²) in [5.41, 5.74) is 4.94. The summed E-state index contributed by atoms with van der Waals surface area (Å²) >= 11 is 0. The lowest BCUT2D eigenvalue weighted by molar-refractivity contribution is -0.190. The Bertz CT molecular complexity index is 304. The van der Waals surface area contributed by atoms with E-state index >= 15 is 0 Å². The van der Waals surface area contributed by atoms with Gasteiger partial charge in [-0.3, -0.25) is 4.79 Å². The molecule has 0 radical (unpaired) electrons. The standard InChI is InChI=1S/C11H19NO4/c1-5-7(13)9(10(12)14)15-6-4-11(2,3)16-8(5)6/h5-9,13H,4H2,1-3H3,(H2,12,14)/t5-,6-,7-,8?,9?/m0/s1. The van der Waals surface area contributed by atoms with Crippen molar-refractivity contribution in [1.82, 2.24) is 0 Å². The number of rotatable bonds is 1. The number of carbonyl (C=O) groups excluding carboxylic acids is 1. The summed E-state index contributed by atoms with van der Waals surface area (Å²) in [5, 5.41) is 9.92. The third-order valence-corrected chi connectivity index (χ3v) is 3.48. The van der Waals surface area contributed by atoms with Crippen molar-refractivity contribution in [3.05, 3.63) is 0 Å². The fraction of sp³-hybridized carbons (Fsp3) is 0.909. The van der Waals surface area contributed by atoms with Crippen LogP contribution in [-0.2, 0) is 14.3 Å². The van der Waals surface area contributed by atoms with Crippen molar-refractivity contribution in [3.63, 3.8) is 0 Å². The van der Waals surface area contributed by atoms with Gasteiger partial charge in [0.1, 0.15) is 0 Å². The molecule has 1 amide bonds. The van der Waals surface area contributed by atoms with Crippen LogP contribution in [0.4, 0.5) is 0 Å². The third-order valence-electron chi connectivity index (χ3n) is 3.48. The summed E-state index contributed by atoms with van der Waals surface area (Å²) in [7, 11) is 0. The molecule has 2 saturated heterocycles. The van der Waals surface area contributed by atoms with E-state index in [1.807, 2.05) is 20.8 Å². The Morgan fingerprint density at radius 2 is 2.12 bits per heavy atom. The number of fused-ring (bicyclic) bond motifs is 1. The maximum Gasteiger partial charge on any atom is 0.249 e. The van der Waals surface area contributed by atoms with Crippen LogP contribution in [0.1, 0.15) is 27.2 Å². The zero-order chi connectivity index (χ0) is 12.1. The maximum atomic E-state index is 11.2. The lowest BCUT2D eigenvalue weighted by Crippen LogP contribution is -2.56. The molecule has 16 heavy (non-hydrogen) atoms. The van der Waals surface area contributed by atoms with Gasteiger partial charge in [0, 0.05) is 12.3 Å². The van der Waals surface area contributed by atoms with E-state index in [0.29, 0.717) is 0 Å². The average molecular weight is 229 g/mol. The van der Waals surface area contributed by atoms with Gasteiger partial charge in [0.05, 0.1) is 23.9 Å². The number of aliphatic hydroxyl groups is 1. The number of aliphatic hydroxyl groups excluding tert-OH is 1. The van der Waals surface area contributed by atoms with E-state index in [2.05, 4.69) is 0 Å². The number of ether oxygens (including phenoxy) is 2. The molecule has 5 heteroatoms. The van der Waals surface area contributed by atoms with Crippen LogP contribution in [0.2, 0.25) is 0 Å². The number of hydrogen-bond acceptors (Lipinski definition) is 4. The van der Waals surface area contributed by atoms with E-state index in [1.54, 1.807) is 0 Å². The molecule has 2 aliphatic rings. The van der Waals surface area contributed by atoms with Crippen LogP contribution >= 0.6 is 0 Å². The first kappa shape index (κ1) is 11.8. The minimum atomic E-state index is -0.909. The number of primary amides is 1. The molecule has 0 aromatic carbocycles. The number of hydrogen-bond donors (Lipinski definition) is 2. The van der Waals surface area contributed by atoms with Crippen molar-refractivity contribution < 1.29 is 19.4 Å². The first-order chi connectivity index (χ1) is 7.32. The smallest absolute Gasteiger partial charge is 0.249 e. The van der Waals surface area contributed by atoms with Crippen LogP contribution in [-0.4, -0.2) is 41.0 Å². The maximum absolute atomic E-state index is 11.2. The van der Waals surface area contributed by atoms with Gasteiger partial charge in [-0.1, -0.05) is 6.92 Å². The number of nitrogens with two attached hydrogens (primary N) is 1.